The van der Waals surface area contributed by atoms with E-state index in [4.69, 9.17) is 9.15 Å². The third kappa shape index (κ3) is 6.11. The van der Waals surface area contributed by atoms with Gasteiger partial charge in [0.1, 0.15) is 5.82 Å². The van der Waals surface area contributed by atoms with Crippen LogP contribution < -0.4 is 5.32 Å². The molecule has 192 valence electrons. The van der Waals surface area contributed by atoms with Gasteiger partial charge in [-0.2, -0.15) is 13.2 Å². The molecule has 1 aromatic heterocycles. The van der Waals surface area contributed by atoms with E-state index in [1.165, 1.54) is 31.2 Å². The van der Waals surface area contributed by atoms with Gasteiger partial charge in [-0.05, 0) is 54.0 Å². The van der Waals surface area contributed by atoms with E-state index < -0.39 is 29.9 Å². The fourth-order valence-corrected chi connectivity index (χ4v) is 3.71. The van der Waals surface area contributed by atoms with E-state index in [1.807, 2.05) is 0 Å². The average molecular weight is 515 g/mol. The zero-order valence-electron chi connectivity index (χ0n) is 19.8. The molecule has 37 heavy (non-hydrogen) atoms. The van der Waals surface area contributed by atoms with Gasteiger partial charge in [-0.1, -0.05) is 18.2 Å². The lowest BCUT2D eigenvalue weighted by Gasteiger charge is -2.14. The van der Waals surface area contributed by atoms with Crippen molar-refractivity contribution in [2.75, 3.05) is 11.9 Å². The molecule has 1 amide bonds. The number of allylic oxidation sites excluding steroid dienone is 4. The van der Waals surface area contributed by atoms with Crippen LogP contribution in [0.1, 0.15) is 35.9 Å². The molecular formula is C26H21F4N3O4. The van der Waals surface area contributed by atoms with Gasteiger partial charge < -0.3 is 14.5 Å². The highest BCUT2D eigenvalue weighted by Gasteiger charge is 2.32. The second kappa shape index (κ2) is 10.4. The van der Waals surface area contributed by atoms with Gasteiger partial charge in [0.25, 0.3) is 0 Å². The Labute approximate surface area is 208 Å². The Morgan fingerprint density at radius 3 is 2.57 bits per heavy atom. The first-order valence-electron chi connectivity index (χ1n) is 11.2. The Hall–Kier alpha value is -4.28. The molecular weight excluding hydrogens is 494 g/mol. The number of ether oxygens (including phenoxy) is 1. The number of nitrogens with one attached hydrogen (secondary N) is 1. The smallest absolute Gasteiger partial charge is 0.416 e. The monoisotopic (exact) mass is 515 g/mol. The molecule has 1 aliphatic carbocycles. The predicted octanol–water partition coefficient (Wildman–Crippen LogP) is 5.66. The summed E-state index contributed by atoms with van der Waals surface area (Å²) in [6.07, 6.45) is -1.81. The number of benzene rings is 2. The zero-order chi connectivity index (χ0) is 26.7. The maximum absolute atomic E-state index is 14.8. The summed E-state index contributed by atoms with van der Waals surface area (Å²) in [7, 11) is 0. The first-order valence-corrected chi connectivity index (χ1v) is 11.2. The molecule has 0 bridgehead atoms. The third-order valence-electron chi connectivity index (χ3n) is 5.42. The first kappa shape index (κ1) is 25.8. The normalized spacial score (nSPS) is 13.7. The van der Waals surface area contributed by atoms with Crippen molar-refractivity contribution < 1.29 is 36.3 Å². The molecule has 4 rings (SSSR count). The number of carbonyl (C=O) groups excluding carboxylic acids is 2. The molecule has 2 aromatic carbocycles. The summed E-state index contributed by atoms with van der Waals surface area (Å²) in [5.74, 6) is -1.35. The highest BCUT2D eigenvalue weighted by atomic mass is 19.4. The summed E-state index contributed by atoms with van der Waals surface area (Å²) in [5, 5.41) is 9.71. The number of alkyl halides is 3. The van der Waals surface area contributed by atoms with Crippen molar-refractivity contribution in [2.45, 2.75) is 32.9 Å². The van der Waals surface area contributed by atoms with E-state index in [0.717, 1.165) is 12.1 Å². The molecule has 7 nitrogen and oxygen atoms in total. The molecule has 0 radical (unpaired) electrons. The summed E-state index contributed by atoms with van der Waals surface area (Å²) < 4.78 is 65.6. The van der Waals surface area contributed by atoms with Crippen molar-refractivity contribution in [3.05, 3.63) is 82.7 Å². The molecule has 3 aromatic rings. The van der Waals surface area contributed by atoms with Crippen molar-refractivity contribution in [1.82, 2.24) is 10.2 Å². The van der Waals surface area contributed by atoms with Crippen LogP contribution in [0.4, 0.5) is 23.2 Å². The van der Waals surface area contributed by atoms with Gasteiger partial charge >= 0.3 is 6.18 Å². The van der Waals surface area contributed by atoms with E-state index in [2.05, 4.69) is 15.5 Å². The first-order chi connectivity index (χ1) is 17.5. The molecule has 0 spiro atoms. The van der Waals surface area contributed by atoms with Gasteiger partial charge in [0.15, 0.2) is 5.76 Å². The number of Topliss-reactive ketones (excluding diaryl/α,β-unsaturated/α-hetero) is 1. The van der Waals surface area contributed by atoms with Crippen molar-refractivity contribution in [3.8, 4) is 11.5 Å². The number of ketones is 1. The van der Waals surface area contributed by atoms with Gasteiger partial charge in [0.05, 0.1) is 18.6 Å². The summed E-state index contributed by atoms with van der Waals surface area (Å²) in [4.78, 5) is 24.5. The van der Waals surface area contributed by atoms with Crippen LogP contribution in [0.2, 0.25) is 0 Å². The fraction of sp³-hybridized carbons (Fsp3) is 0.231. The van der Waals surface area contributed by atoms with Gasteiger partial charge in [-0.15, -0.1) is 10.2 Å². The lowest BCUT2D eigenvalue weighted by molar-refractivity contribution is -0.137. The largest absolute Gasteiger partial charge is 0.490 e. The van der Waals surface area contributed by atoms with Gasteiger partial charge in [-0.25, -0.2) is 4.39 Å². The minimum Gasteiger partial charge on any atom is -0.490 e. The quantitative estimate of drug-likeness (QED) is 0.408. The molecule has 0 aliphatic heterocycles. The van der Waals surface area contributed by atoms with Gasteiger partial charge in [0.2, 0.25) is 23.5 Å². The Balaban J connectivity index is 1.53. The van der Waals surface area contributed by atoms with Crippen LogP contribution in [-0.2, 0) is 26.9 Å². The lowest BCUT2D eigenvalue weighted by atomic mass is 9.96. The number of amides is 1. The summed E-state index contributed by atoms with van der Waals surface area (Å²) in [5.41, 5.74) is -0.0735. The van der Waals surface area contributed by atoms with E-state index >= 15 is 0 Å². The molecule has 0 unspecified atom stereocenters. The van der Waals surface area contributed by atoms with E-state index in [-0.39, 0.29) is 46.6 Å². The number of nitrogens with zero attached hydrogens (tertiary/aromatic N) is 2. The molecule has 1 N–H and O–H groups in total. The van der Waals surface area contributed by atoms with Crippen molar-refractivity contribution in [1.29, 1.82) is 0 Å². The highest BCUT2D eigenvalue weighted by molar-refractivity contribution is 6.01. The molecule has 0 saturated heterocycles. The van der Waals surface area contributed by atoms with Crippen LogP contribution in [0.25, 0.3) is 17.0 Å². The van der Waals surface area contributed by atoms with Crippen LogP contribution in [0, 0.1) is 12.7 Å². The SMILES string of the molecule is CCOC1=CC(c2ccc(CC(=O)Nc3cc(-c4nnc(C)o4)cc(C(F)(F)F)c3)c(F)c2)=CCC1=O. The molecule has 11 heteroatoms. The van der Waals surface area contributed by atoms with Crippen LogP contribution in [0.15, 0.2) is 58.7 Å². The fourth-order valence-electron chi connectivity index (χ4n) is 3.71. The molecule has 0 atom stereocenters. The van der Waals surface area contributed by atoms with Gasteiger partial charge in [-0.3, -0.25) is 9.59 Å². The van der Waals surface area contributed by atoms with Crippen molar-refractivity contribution in [2.24, 2.45) is 0 Å². The van der Waals surface area contributed by atoms with Crippen LogP contribution in [-0.4, -0.2) is 28.5 Å². The number of aryl methyl sites for hydroxylation is 1. The zero-order valence-corrected chi connectivity index (χ0v) is 19.8. The highest BCUT2D eigenvalue weighted by Crippen LogP contribution is 2.35. The second-order valence-corrected chi connectivity index (χ2v) is 8.18. The average Bonchev–Trinajstić information content (AvgIpc) is 3.27. The molecule has 0 saturated carbocycles. The van der Waals surface area contributed by atoms with Crippen LogP contribution in [0.3, 0.4) is 0 Å². The maximum atomic E-state index is 14.8. The topological polar surface area (TPSA) is 94.3 Å². The van der Waals surface area contributed by atoms with Gasteiger partial charge in [0, 0.05) is 24.6 Å². The van der Waals surface area contributed by atoms with E-state index in [1.54, 1.807) is 19.1 Å². The summed E-state index contributed by atoms with van der Waals surface area (Å²) >= 11 is 0. The van der Waals surface area contributed by atoms with Crippen molar-refractivity contribution in [3.63, 3.8) is 0 Å². The van der Waals surface area contributed by atoms with Crippen LogP contribution >= 0.6 is 0 Å². The second-order valence-electron chi connectivity index (χ2n) is 8.18. The number of rotatable bonds is 7. The Morgan fingerprint density at radius 1 is 1.14 bits per heavy atom. The summed E-state index contributed by atoms with van der Waals surface area (Å²) in [6, 6.07) is 7.09. The van der Waals surface area contributed by atoms with Crippen LogP contribution in [0.5, 0.6) is 0 Å². The number of carbonyl (C=O) groups is 2. The lowest BCUT2D eigenvalue weighted by Crippen LogP contribution is -2.16. The number of anilines is 1. The Morgan fingerprint density at radius 2 is 1.92 bits per heavy atom. The molecule has 1 aliphatic rings. The summed E-state index contributed by atoms with van der Waals surface area (Å²) in [6.45, 7) is 3.55. The Bertz CT molecular complexity index is 1420. The predicted molar refractivity (Wildman–Crippen MR) is 126 cm³/mol. The minimum absolute atomic E-state index is 0.0278. The van der Waals surface area contributed by atoms with E-state index in [0.29, 0.717) is 17.7 Å². The number of aromatic nitrogens is 2. The Kier molecular flexibility index (Phi) is 7.23. The minimum atomic E-state index is -4.69. The molecule has 0 fully saturated rings. The van der Waals surface area contributed by atoms with E-state index in [9.17, 15) is 27.2 Å². The number of halogens is 4. The number of hydrogen-bond donors (Lipinski definition) is 1. The molecule has 1 heterocycles. The third-order valence-corrected chi connectivity index (χ3v) is 5.42. The standard InChI is InChI=1S/C26H21F4N3O4/c1-3-36-23-11-16(6-7-22(23)34)15-4-5-17(21(27)10-15)12-24(35)31-20-9-18(25-33-32-14(2)37-25)8-19(13-20)26(28,29)30/h4-6,8-11,13H,3,7,12H2,1-2H3,(H,31,35). The maximum Gasteiger partial charge on any atom is 0.416 e. The number of hydrogen-bond acceptors (Lipinski definition) is 6. The van der Waals surface area contributed by atoms with Crippen molar-refractivity contribution >= 4 is 23.0 Å².